The molecule has 0 aliphatic heterocycles. The summed E-state index contributed by atoms with van der Waals surface area (Å²) >= 11 is 0. The number of aromatic nitrogens is 5. The van der Waals surface area contributed by atoms with Crippen LogP contribution in [0.4, 0.5) is 5.82 Å². The highest BCUT2D eigenvalue weighted by atomic mass is 16.4. The molecule has 0 radical (unpaired) electrons. The lowest BCUT2D eigenvalue weighted by atomic mass is 10.3. The van der Waals surface area contributed by atoms with Crippen molar-refractivity contribution in [1.29, 1.82) is 0 Å². The maximum Gasteiger partial charge on any atom is 0.325 e. The van der Waals surface area contributed by atoms with Crippen LogP contribution >= 0.6 is 0 Å². The number of carboxylic acid groups (broad SMARTS) is 1. The summed E-state index contributed by atoms with van der Waals surface area (Å²) in [6.07, 6.45) is 1.34. The van der Waals surface area contributed by atoms with Crippen LogP contribution in [0.25, 0.3) is 11.2 Å². The minimum atomic E-state index is -0.962. The average molecular weight is 222 g/mol. The Bertz CT molecular complexity index is 536. The van der Waals surface area contributed by atoms with Gasteiger partial charge in [0.25, 0.3) is 0 Å². The fourth-order valence-electron chi connectivity index (χ4n) is 1.22. The first-order chi connectivity index (χ1) is 7.59. The lowest BCUT2D eigenvalue weighted by molar-refractivity contribution is -0.137. The van der Waals surface area contributed by atoms with Gasteiger partial charge in [-0.1, -0.05) is 5.21 Å². The van der Waals surface area contributed by atoms with Crippen LogP contribution in [-0.4, -0.2) is 42.1 Å². The number of hydrogen-bond acceptors (Lipinski definition) is 6. The molecule has 84 valence electrons. The zero-order chi connectivity index (χ0) is 11.7. The van der Waals surface area contributed by atoms with Gasteiger partial charge in [-0.3, -0.25) is 4.79 Å². The SMILES string of the molecule is CC(Nc1ncnc2c1nnn2C)C(=O)O. The van der Waals surface area contributed by atoms with E-state index < -0.39 is 12.0 Å². The molecule has 1 atom stereocenters. The predicted molar refractivity (Wildman–Crippen MR) is 54.8 cm³/mol. The van der Waals surface area contributed by atoms with Gasteiger partial charge in [0.05, 0.1) is 0 Å². The lowest BCUT2D eigenvalue weighted by Crippen LogP contribution is -2.26. The number of anilines is 1. The Labute approximate surface area is 90.3 Å². The van der Waals surface area contributed by atoms with E-state index in [1.54, 1.807) is 7.05 Å². The van der Waals surface area contributed by atoms with Crippen molar-refractivity contribution in [3.63, 3.8) is 0 Å². The summed E-state index contributed by atoms with van der Waals surface area (Å²) in [4.78, 5) is 18.6. The van der Waals surface area contributed by atoms with Crippen LogP contribution in [0.1, 0.15) is 6.92 Å². The fourth-order valence-corrected chi connectivity index (χ4v) is 1.22. The van der Waals surface area contributed by atoms with Crippen molar-refractivity contribution >= 4 is 23.0 Å². The highest BCUT2D eigenvalue weighted by Crippen LogP contribution is 2.15. The molecule has 2 heterocycles. The molecule has 0 aliphatic rings. The second-order valence-corrected chi connectivity index (χ2v) is 3.31. The van der Waals surface area contributed by atoms with Gasteiger partial charge < -0.3 is 10.4 Å². The van der Waals surface area contributed by atoms with Crippen molar-refractivity contribution in [1.82, 2.24) is 25.0 Å². The van der Waals surface area contributed by atoms with Gasteiger partial charge in [0.2, 0.25) is 0 Å². The van der Waals surface area contributed by atoms with Crippen molar-refractivity contribution in [3.8, 4) is 0 Å². The topological polar surface area (TPSA) is 106 Å². The van der Waals surface area contributed by atoms with Crippen molar-refractivity contribution in [3.05, 3.63) is 6.33 Å². The van der Waals surface area contributed by atoms with E-state index in [1.165, 1.54) is 17.9 Å². The van der Waals surface area contributed by atoms with Gasteiger partial charge in [0.1, 0.15) is 12.4 Å². The summed E-state index contributed by atoms with van der Waals surface area (Å²) < 4.78 is 1.49. The second-order valence-electron chi connectivity index (χ2n) is 3.31. The smallest absolute Gasteiger partial charge is 0.325 e. The fraction of sp³-hybridized carbons (Fsp3) is 0.375. The normalized spacial score (nSPS) is 12.6. The summed E-state index contributed by atoms with van der Waals surface area (Å²) in [5.74, 6) is -0.594. The summed E-state index contributed by atoms with van der Waals surface area (Å²) in [5.41, 5.74) is 1.01. The first kappa shape index (κ1) is 10.3. The Morgan fingerprint density at radius 1 is 1.56 bits per heavy atom. The molecule has 8 nitrogen and oxygen atoms in total. The average Bonchev–Trinajstić information content (AvgIpc) is 2.62. The second kappa shape index (κ2) is 3.72. The predicted octanol–water partition coefficient (Wildman–Crippen LogP) is -0.357. The molecule has 0 aliphatic carbocycles. The molecule has 0 aromatic carbocycles. The molecule has 2 rings (SSSR count). The standard InChI is InChI=1S/C8H10N6O2/c1-4(8(15)16)11-6-5-7(10-3-9-6)14(2)13-12-5/h3-4H,1-2H3,(H,15,16)(H,9,10,11). The molecule has 2 N–H and O–H groups in total. The van der Waals surface area contributed by atoms with Crippen LogP contribution in [0.5, 0.6) is 0 Å². The molecule has 0 saturated heterocycles. The first-order valence-corrected chi connectivity index (χ1v) is 4.59. The number of aliphatic carboxylic acids is 1. The van der Waals surface area contributed by atoms with E-state index in [2.05, 4.69) is 25.6 Å². The number of carbonyl (C=O) groups is 1. The van der Waals surface area contributed by atoms with Crippen molar-refractivity contribution in [2.45, 2.75) is 13.0 Å². The van der Waals surface area contributed by atoms with Gasteiger partial charge >= 0.3 is 5.97 Å². The minimum absolute atomic E-state index is 0.369. The summed E-state index contributed by atoms with van der Waals surface area (Å²) in [6, 6.07) is -0.750. The third-order valence-corrected chi connectivity index (χ3v) is 2.11. The van der Waals surface area contributed by atoms with E-state index in [1.807, 2.05) is 0 Å². The molecule has 0 fully saturated rings. The molecule has 16 heavy (non-hydrogen) atoms. The first-order valence-electron chi connectivity index (χ1n) is 4.59. The largest absolute Gasteiger partial charge is 0.480 e. The quantitative estimate of drug-likeness (QED) is 0.730. The Hall–Kier alpha value is -2.25. The molecule has 0 bridgehead atoms. The Balaban J connectivity index is 2.41. The van der Waals surface area contributed by atoms with Crippen LogP contribution in [0.3, 0.4) is 0 Å². The zero-order valence-electron chi connectivity index (χ0n) is 8.75. The molecular weight excluding hydrogens is 212 g/mol. The van der Waals surface area contributed by atoms with E-state index in [0.717, 1.165) is 0 Å². The van der Waals surface area contributed by atoms with Gasteiger partial charge in [-0.15, -0.1) is 5.10 Å². The Kier molecular flexibility index (Phi) is 2.39. The number of hydrogen-bond donors (Lipinski definition) is 2. The minimum Gasteiger partial charge on any atom is -0.480 e. The van der Waals surface area contributed by atoms with E-state index >= 15 is 0 Å². The van der Waals surface area contributed by atoms with Gasteiger partial charge in [-0.05, 0) is 6.92 Å². The molecule has 0 spiro atoms. The van der Waals surface area contributed by atoms with Crippen LogP contribution < -0.4 is 5.32 Å². The molecule has 8 heteroatoms. The zero-order valence-corrected chi connectivity index (χ0v) is 8.75. The van der Waals surface area contributed by atoms with Gasteiger partial charge in [0.15, 0.2) is 17.0 Å². The van der Waals surface area contributed by atoms with Crippen molar-refractivity contribution in [2.24, 2.45) is 7.05 Å². The molecule has 2 aromatic rings. The third kappa shape index (κ3) is 1.64. The lowest BCUT2D eigenvalue weighted by Gasteiger charge is -2.08. The Morgan fingerprint density at radius 2 is 2.31 bits per heavy atom. The summed E-state index contributed by atoms with van der Waals surface area (Å²) in [5, 5.41) is 19.2. The molecule has 1 unspecified atom stereocenters. The van der Waals surface area contributed by atoms with E-state index in [-0.39, 0.29) is 0 Å². The number of rotatable bonds is 3. The highest BCUT2D eigenvalue weighted by molar-refractivity contribution is 5.85. The van der Waals surface area contributed by atoms with Crippen molar-refractivity contribution < 1.29 is 9.90 Å². The van der Waals surface area contributed by atoms with E-state index in [4.69, 9.17) is 5.11 Å². The maximum atomic E-state index is 10.7. The summed E-state index contributed by atoms with van der Waals surface area (Å²) in [7, 11) is 1.70. The van der Waals surface area contributed by atoms with Crippen LogP contribution in [0.15, 0.2) is 6.33 Å². The molecular formula is C8H10N6O2. The molecule has 0 amide bonds. The van der Waals surface area contributed by atoms with Gasteiger partial charge in [0, 0.05) is 7.05 Å². The number of nitrogens with one attached hydrogen (secondary N) is 1. The third-order valence-electron chi connectivity index (χ3n) is 2.11. The van der Waals surface area contributed by atoms with E-state index in [0.29, 0.717) is 17.0 Å². The maximum absolute atomic E-state index is 10.7. The van der Waals surface area contributed by atoms with E-state index in [9.17, 15) is 4.79 Å². The van der Waals surface area contributed by atoms with Gasteiger partial charge in [-0.2, -0.15) is 0 Å². The number of aryl methyl sites for hydroxylation is 1. The summed E-state index contributed by atoms with van der Waals surface area (Å²) in [6.45, 7) is 1.52. The molecule has 2 aromatic heterocycles. The molecule has 0 saturated carbocycles. The number of carboxylic acids is 1. The van der Waals surface area contributed by atoms with Crippen LogP contribution in [0.2, 0.25) is 0 Å². The highest BCUT2D eigenvalue weighted by Gasteiger charge is 2.15. The van der Waals surface area contributed by atoms with Crippen LogP contribution in [-0.2, 0) is 11.8 Å². The Morgan fingerprint density at radius 3 is 3.00 bits per heavy atom. The monoisotopic (exact) mass is 222 g/mol. The van der Waals surface area contributed by atoms with Gasteiger partial charge in [-0.25, -0.2) is 14.6 Å². The number of fused-ring (bicyclic) bond motifs is 1. The number of nitrogens with zero attached hydrogens (tertiary/aromatic N) is 5. The van der Waals surface area contributed by atoms with Crippen molar-refractivity contribution in [2.75, 3.05) is 5.32 Å². The van der Waals surface area contributed by atoms with Crippen LogP contribution in [0, 0.1) is 0 Å².